The van der Waals surface area contributed by atoms with Gasteiger partial charge in [0.25, 0.3) is 5.91 Å². The number of alkyl halides is 3. The van der Waals surface area contributed by atoms with Gasteiger partial charge in [0.1, 0.15) is 21.5 Å². The average Bonchev–Trinajstić information content (AvgIpc) is 3.12. The molecule has 1 amide bonds. The van der Waals surface area contributed by atoms with Gasteiger partial charge in [0.2, 0.25) is 0 Å². The first-order valence-electron chi connectivity index (χ1n) is 11.9. The Hall–Kier alpha value is -2.21. The first-order valence-corrected chi connectivity index (χ1v) is 14.2. The highest BCUT2D eigenvalue weighted by Gasteiger charge is 2.36. The van der Waals surface area contributed by atoms with E-state index in [1.54, 1.807) is 6.92 Å². The van der Waals surface area contributed by atoms with Crippen LogP contribution in [-0.4, -0.2) is 48.3 Å². The molecule has 0 saturated heterocycles. The van der Waals surface area contributed by atoms with Gasteiger partial charge in [-0.15, -0.1) is 0 Å². The van der Waals surface area contributed by atoms with E-state index in [9.17, 15) is 35.2 Å². The summed E-state index contributed by atoms with van der Waals surface area (Å²) in [6.07, 6.45) is -1.64. The van der Waals surface area contributed by atoms with E-state index in [1.807, 2.05) is 0 Å². The Morgan fingerprint density at radius 1 is 1.19 bits per heavy atom. The molecule has 1 fully saturated rings. The summed E-state index contributed by atoms with van der Waals surface area (Å²) >= 11 is 6.36. The highest BCUT2D eigenvalue weighted by Crippen LogP contribution is 2.36. The molecule has 1 saturated carbocycles. The molecule has 37 heavy (non-hydrogen) atoms. The third-order valence-electron chi connectivity index (χ3n) is 6.80. The largest absolute Gasteiger partial charge is 0.391 e. The Balaban J connectivity index is 1.79. The number of halogens is 6. The predicted octanol–water partition coefficient (Wildman–Crippen LogP) is 5.58. The van der Waals surface area contributed by atoms with Gasteiger partial charge < -0.3 is 5.32 Å². The highest BCUT2D eigenvalue weighted by molar-refractivity contribution is 7.91. The van der Waals surface area contributed by atoms with Gasteiger partial charge in [0.05, 0.1) is 27.4 Å². The maximum atomic E-state index is 15.0. The summed E-state index contributed by atoms with van der Waals surface area (Å²) < 4.78 is 93.2. The summed E-state index contributed by atoms with van der Waals surface area (Å²) in [7, 11) is -3.11. The fraction of sp³-hybridized carbons (Fsp3) is 0.583. The second kappa shape index (κ2) is 11.3. The van der Waals surface area contributed by atoms with Gasteiger partial charge in [0.15, 0.2) is 5.69 Å². The summed E-state index contributed by atoms with van der Waals surface area (Å²) in [4.78, 5) is 12.8. The average molecular weight is 570 g/mol. The summed E-state index contributed by atoms with van der Waals surface area (Å²) in [6, 6.07) is 1.66. The number of carbonyl (C=O) groups is 1. The number of amides is 1. The van der Waals surface area contributed by atoms with E-state index in [0.29, 0.717) is 25.7 Å². The number of aromatic nitrogens is 2. The second-order valence-electron chi connectivity index (χ2n) is 9.59. The molecular formula is C24H29ClF5N3O3S. The number of nitrogens with one attached hydrogen (secondary N) is 1. The number of hydrogen-bond donors (Lipinski definition) is 1. The number of aryl methyl sites for hydroxylation is 1. The zero-order valence-electron chi connectivity index (χ0n) is 20.6. The van der Waals surface area contributed by atoms with E-state index in [1.165, 1.54) is 6.26 Å². The molecule has 0 bridgehead atoms. The van der Waals surface area contributed by atoms with Crippen LogP contribution in [0.5, 0.6) is 0 Å². The minimum Gasteiger partial charge on any atom is -0.350 e. The monoisotopic (exact) mass is 569 g/mol. The van der Waals surface area contributed by atoms with Gasteiger partial charge >= 0.3 is 6.18 Å². The Morgan fingerprint density at radius 2 is 1.76 bits per heavy atom. The fourth-order valence-corrected chi connectivity index (χ4v) is 6.02. The third kappa shape index (κ3) is 6.81. The van der Waals surface area contributed by atoms with E-state index in [-0.39, 0.29) is 46.2 Å². The van der Waals surface area contributed by atoms with E-state index < -0.39 is 51.5 Å². The standard InChI is InChI=1S/C24H29ClF5N3O3S/c1-4-33-22(19-17(26)10-15(11-18(19)27)9-13(2)24(28,29)30)20(25)21(32-33)23(34)31-12-14-5-7-16(8-6-14)37(3,35)36/h10-11,13-14,16H,4-9,12H2,1-3H3,(H,31,34)/t13-,14?,16?/m1/s1. The molecule has 3 rings (SSSR count). The van der Waals surface area contributed by atoms with E-state index in [0.717, 1.165) is 23.7 Å². The quantitative estimate of drug-likeness (QED) is 0.421. The van der Waals surface area contributed by atoms with Gasteiger partial charge in [-0.05, 0) is 62.6 Å². The second-order valence-corrected chi connectivity index (χ2v) is 12.3. The summed E-state index contributed by atoms with van der Waals surface area (Å²) in [5.41, 5.74) is -1.17. The fourth-order valence-electron chi connectivity index (χ4n) is 4.58. The Labute approximate surface area is 217 Å². The van der Waals surface area contributed by atoms with Crippen molar-refractivity contribution < 1.29 is 35.2 Å². The predicted molar refractivity (Wildman–Crippen MR) is 130 cm³/mol. The normalized spacial score (nSPS) is 19.6. The van der Waals surface area contributed by atoms with Crippen LogP contribution in [0.2, 0.25) is 5.02 Å². The summed E-state index contributed by atoms with van der Waals surface area (Å²) in [5, 5.41) is 6.15. The Morgan fingerprint density at radius 3 is 2.24 bits per heavy atom. The molecule has 1 atom stereocenters. The number of hydrogen-bond acceptors (Lipinski definition) is 4. The van der Waals surface area contributed by atoms with Crippen molar-refractivity contribution in [1.29, 1.82) is 0 Å². The molecule has 1 aliphatic carbocycles. The maximum Gasteiger partial charge on any atom is 0.391 e. The molecule has 0 radical (unpaired) electrons. The Bertz CT molecular complexity index is 1230. The molecule has 1 aliphatic rings. The molecule has 0 spiro atoms. The van der Waals surface area contributed by atoms with Crippen LogP contribution >= 0.6 is 11.6 Å². The molecule has 1 heterocycles. The third-order valence-corrected chi connectivity index (χ3v) is 8.84. The minimum absolute atomic E-state index is 0.0648. The van der Waals surface area contributed by atoms with Crippen molar-refractivity contribution in [3.8, 4) is 11.3 Å². The van der Waals surface area contributed by atoms with Gasteiger partial charge in [-0.2, -0.15) is 18.3 Å². The molecule has 6 nitrogen and oxygen atoms in total. The topological polar surface area (TPSA) is 81.1 Å². The van der Waals surface area contributed by atoms with Crippen LogP contribution in [0.3, 0.4) is 0 Å². The van der Waals surface area contributed by atoms with Crippen LogP contribution in [0.1, 0.15) is 55.6 Å². The molecule has 206 valence electrons. The van der Waals surface area contributed by atoms with Crippen molar-refractivity contribution in [2.24, 2.45) is 11.8 Å². The van der Waals surface area contributed by atoms with Crippen molar-refractivity contribution in [1.82, 2.24) is 15.1 Å². The van der Waals surface area contributed by atoms with Crippen molar-refractivity contribution in [3.63, 3.8) is 0 Å². The van der Waals surface area contributed by atoms with Crippen molar-refractivity contribution in [3.05, 3.63) is 40.0 Å². The number of sulfone groups is 1. The van der Waals surface area contributed by atoms with Crippen LogP contribution in [0.15, 0.2) is 12.1 Å². The van der Waals surface area contributed by atoms with Crippen LogP contribution < -0.4 is 5.32 Å². The maximum absolute atomic E-state index is 15.0. The lowest BCUT2D eigenvalue weighted by molar-refractivity contribution is -0.169. The number of carbonyl (C=O) groups excluding carboxylic acids is 1. The van der Waals surface area contributed by atoms with Crippen LogP contribution in [0.4, 0.5) is 22.0 Å². The molecule has 1 aromatic carbocycles. The SMILES string of the molecule is CCn1nc(C(=O)NCC2CCC(S(C)(=O)=O)CC2)c(Cl)c1-c1c(F)cc(C[C@@H](C)C(F)(F)F)cc1F. The van der Waals surface area contributed by atoms with E-state index >= 15 is 0 Å². The molecule has 2 aromatic rings. The lowest BCUT2D eigenvalue weighted by atomic mass is 9.89. The minimum atomic E-state index is -4.51. The lowest BCUT2D eigenvalue weighted by Crippen LogP contribution is -2.34. The summed E-state index contributed by atoms with van der Waals surface area (Å²) in [6.45, 7) is 2.93. The highest BCUT2D eigenvalue weighted by atomic mass is 35.5. The van der Waals surface area contributed by atoms with Crippen molar-refractivity contribution in [2.75, 3.05) is 12.8 Å². The molecule has 0 unspecified atom stereocenters. The number of nitrogens with zero attached hydrogens (tertiary/aromatic N) is 2. The molecule has 13 heteroatoms. The Kier molecular flexibility index (Phi) is 8.94. The van der Waals surface area contributed by atoms with E-state index in [4.69, 9.17) is 11.6 Å². The smallest absolute Gasteiger partial charge is 0.350 e. The van der Waals surface area contributed by atoms with Crippen LogP contribution in [-0.2, 0) is 22.8 Å². The first kappa shape index (κ1) is 29.3. The van der Waals surface area contributed by atoms with Crippen molar-refractivity contribution in [2.45, 2.75) is 63.9 Å². The zero-order valence-corrected chi connectivity index (χ0v) is 22.2. The summed E-state index contributed by atoms with van der Waals surface area (Å²) in [5.74, 6) is -4.61. The van der Waals surface area contributed by atoms with Gasteiger partial charge in [0, 0.05) is 19.3 Å². The van der Waals surface area contributed by atoms with Crippen LogP contribution in [0, 0.1) is 23.5 Å². The molecular weight excluding hydrogens is 541 g/mol. The van der Waals surface area contributed by atoms with E-state index in [2.05, 4.69) is 10.4 Å². The molecule has 1 aromatic heterocycles. The van der Waals surface area contributed by atoms with Crippen molar-refractivity contribution >= 4 is 27.3 Å². The lowest BCUT2D eigenvalue weighted by Gasteiger charge is -2.27. The number of benzene rings is 1. The molecule has 1 N–H and O–H groups in total. The van der Waals surface area contributed by atoms with Gasteiger partial charge in [-0.1, -0.05) is 18.5 Å². The van der Waals surface area contributed by atoms with Gasteiger partial charge in [-0.3, -0.25) is 9.48 Å². The zero-order chi connectivity index (χ0) is 27.7. The van der Waals surface area contributed by atoms with Gasteiger partial charge in [-0.25, -0.2) is 17.2 Å². The number of rotatable bonds is 8. The molecule has 0 aliphatic heterocycles. The first-order chi connectivity index (χ1) is 17.1. The van der Waals surface area contributed by atoms with Crippen LogP contribution in [0.25, 0.3) is 11.3 Å².